The first kappa shape index (κ1) is 21.1. The van der Waals surface area contributed by atoms with Crippen LogP contribution < -0.4 is 9.05 Å². The quantitative estimate of drug-likeness (QED) is 0.623. The van der Waals surface area contributed by atoms with Gasteiger partial charge in [-0.1, -0.05) is 43.8 Å². The maximum Gasteiger partial charge on any atom is 0.530 e. The highest BCUT2D eigenvalue weighted by Gasteiger charge is 2.51. The smallest absolute Gasteiger partial charge is 0.404 e. The van der Waals surface area contributed by atoms with Gasteiger partial charge in [0.2, 0.25) is 0 Å². The SMILES string of the molecule is C.O=P1(Oc2ccccc2)OCC2(CO1)COP(=O)(Oc1ccccc1)OC2. The molecule has 28 heavy (non-hydrogen) atoms. The molecule has 8 nitrogen and oxygen atoms in total. The first-order valence-electron chi connectivity index (χ1n) is 8.26. The number of para-hydroxylation sites is 2. The summed E-state index contributed by atoms with van der Waals surface area (Å²) < 4.78 is 57.3. The summed E-state index contributed by atoms with van der Waals surface area (Å²) in [7, 11) is -7.45. The van der Waals surface area contributed by atoms with Gasteiger partial charge in [0.1, 0.15) is 11.5 Å². The molecule has 10 heteroatoms. The minimum Gasteiger partial charge on any atom is -0.404 e. The fourth-order valence-electron chi connectivity index (χ4n) is 2.51. The van der Waals surface area contributed by atoms with Crippen molar-refractivity contribution >= 4 is 15.6 Å². The average molecular weight is 428 g/mol. The van der Waals surface area contributed by atoms with Gasteiger partial charge in [0, 0.05) is 0 Å². The van der Waals surface area contributed by atoms with Crippen molar-refractivity contribution in [2.24, 2.45) is 5.41 Å². The van der Waals surface area contributed by atoms with E-state index in [1.165, 1.54) is 0 Å². The molecule has 0 unspecified atom stereocenters. The molecule has 2 aromatic carbocycles. The Bertz CT molecular complexity index is 773. The molecule has 2 heterocycles. The van der Waals surface area contributed by atoms with Gasteiger partial charge in [-0.25, -0.2) is 9.13 Å². The van der Waals surface area contributed by atoms with E-state index in [1.807, 2.05) is 12.1 Å². The zero-order valence-electron chi connectivity index (χ0n) is 14.3. The third-order valence-corrected chi connectivity index (χ3v) is 6.69. The van der Waals surface area contributed by atoms with Crippen LogP contribution in [0.4, 0.5) is 0 Å². The van der Waals surface area contributed by atoms with Crippen LogP contribution in [0.25, 0.3) is 0 Å². The molecule has 2 aromatic rings. The molecule has 2 fully saturated rings. The standard InChI is InChI=1S/C17H18O8P2.CH4/c18-26(24-15-7-3-1-4-8-15)20-11-17(12-21-26)13-22-27(19,23-14-17)25-16-9-5-2-6-10-16;/h1-10H,11-14H2;1H4. The van der Waals surface area contributed by atoms with Crippen molar-refractivity contribution in [3.63, 3.8) is 0 Å². The topological polar surface area (TPSA) is 89.5 Å². The second kappa shape index (κ2) is 8.37. The predicted octanol–water partition coefficient (Wildman–Crippen LogP) is 5.08. The number of phosphoric ester groups is 2. The van der Waals surface area contributed by atoms with E-state index >= 15 is 0 Å². The van der Waals surface area contributed by atoms with Crippen LogP contribution in [0.5, 0.6) is 11.5 Å². The second-order valence-corrected chi connectivity index (χ2v) is 9.48. The van der Waals surface area contributed by atoms with Crippen molar-refractivity contribution in [3.05, 3.63) is 60.7 Å². The molecule has 0 aromatic heterocycles. The minimum atomic E-state index is -3.73. The van der Waals surface area contributed by atoms with Crippen molar-refractivity contribution in [1.29, 1.82) is 0 Å². The summed E-state index contributed by atoms with van der Waals surface area (Å²) in [4.78, 5) is 0. The Hall–Kier alpha value is -1.66. The molecule has 0 saturated carbocycles. The van der Waals surface area contributed by atoms with E-state index in [0.717, 1.165) is 0 Å². The summed E-state index contributed by atoms with van der Waals surface area (Å²) in [6, 6.07) is 17.2. The highest BCUT2D eigenvalue weighted by atomic mass is 31.2. The monoisotopic (exact) mass is 428 g/mol. The van der Waals surface area contributed by atoms with E-state index < -0.39 is 21.1 Å². The van der Waals surface area contributed by atoms with Gasteiger partial charge in [-0.3, -0.25) is 18.1 Å². The Morgan fingerprint density at radius 2 is 0.964 bits per heavy atom. The van der Waals surface area contributed by atoms with Crippen molar-refractivity contribution < 1.29 is 36.3 Å². The fourth-order valence-corrected chi connectivity index (χ4v) is 5.36. The van der Waals surface area contributed by atoms with E-state index in [-0.39, 0.29) is 33.9 Å². The van der Waals surface area contributed by atoms with Crippen LogP contribution in [0.1, 0.15) is 7.43 Å². The molecular formula is C18H22O8P2. The Morgan fingerprint density at radius 1 is 0.643 bits per heavy atom. The fraction of sp³-hybridized carbons (Fsp3) is 0.333. The molecule has 0 atom stereocenters. The molecule has 2 aliphatic heterocycles. The van der Waals surface area contributed by atoms with Crippen molar-refractivity contribution in [2.45, 2.75) is 7.43 Å². The lowest BCUT2D eigenvalue weighted by atomic mass is 9.93. The first-order chi connectivity index (χ1) is 13.0. The van der Waals surface area contributed by atoms with Gasteiger partial charge < -0.3 is 9.05 Å². The minimum absolute atomic E-state index is 0. The Kier molecular flexibility index (Phi) is 6.30. The highest BCUT2D eigenvalue weighted by molar-refractivity contribution is 7.49. The van der Waals surface area contributed by atoms with Crippen LogP contribution in [0, 0.1) is 5.41 Å². The van der Waals surface area contributed by atoms with E-state index in [0.29, 0.717) is 11.5 Å². The summed E-state index contributed by atoms with van der Waals surface area (Å²) in [6.07, 6.45) is 0. The number of hydrogen-bond donors (Lipinski definition) is 0. The molecule has 4 rings (SSSR count). The van der Waals surface area contributed by atoms with Crippen LogP contribution in [0.2, 0.25) is 0 Å². The van der Waals surface area contributed by atoms with E-state index in [9.17, 15) is 9.13 Å². The highest BCUT2D eigenvalue weighted by Crippen LogP contribution is 2.59. The van der Waals surface area contributed by atoms with Crippen LogP contribution in [-0.4, -0.2) is 26.4 Å². The lowest BCUT2D eigenvalue weighted by Crippen LogP contribution is -2.46. The normalized spacial score (nSPS) is 32.3. The van der Waals surface area contributed by atoms with Gasteiger partial charge in [0.25, 0.3) is 0 Å². The van der Waals surface area contributed by atoms with Crippen LogP contribution in [-0.2, 0) is 27.2 Å². The number of rotatable bonds is 4. The van der Waals surface area contributed by atoms with E-state index in [2.05, 4.69) is 0 Å². The van der Waals surface area contributed by atoms with Gasteiger partial charge in [-0.2, -0.15) is 0 Å². The summed E-state index contributed by atoms with van der Waals surface area (Å²) in [5, 5.41) is 0. The van der Waals surface area contributed by atoms with E-state index in [1.54, 1.807) is 48.5 Å². The molecule has 0 bridgehead atoms. The molecule has 0 amide bonds. The summed E-state index contributed by atoms with van der Waals surface area (Å²) in [5.41, 5.74) is -0.734. The number of benzene rings is 2. The molecule has 152 valence electrons. The maximum atomic E-state index is 12.6. The van der Waals surface area contributed by atoms with Crippen molar-refractivity contribution in [2.75, 3.05) is 26.4 Å². The molecular weight excluding hydrogens is 406 g/mol. The van der Waals surface area contributed by atoms with Gasteiger partial charge in [0.15, 0.2) is 0 Å². The van der Waals surface area contributed by atoms with Gasteiger partial charge >= 0.3 is 15.6 Å². The van der Waals surface area contributed by atoms with Crippen molar-refractivity contribution in [1.82, 2.24) is 0 Å². The molecule has 2 aliphatic rings. The Morgan fingerprint density at radius 3 is 1.29 bits per heavy atom. The van der Waals surface area contributed by atoms with Gasteiger partial charge in [-0.05, 0) is 24.3 Å². The zero-order valence-corrected chi connectivity index (χ0v) is 16.1. The first-order valence-corrected chi connectivity index (χ1v) is 11.2. The molecule has 0 aliphatic carbocycles. The molecule has 1 spiro atoms. The van der Waals surface area contributed by atoms with E-state index in [4.69, 9.17) is 27.1 Å². The molecule has 2 saturated heterocycles. The Labute approximate surface area is 163 Å². The second-order valence-electron chi connectivity index (χ2n) is 6.30. The summed E-state index contributed by atoms with van der Waals surface area (Å²) >= 11 is 0. The third-order valence-electron chi connectivity index (χ3n) is 4.04. The van der Waals surface area contributed by atoms with Crippen LogP contribution in [0.3, 0.4) is 0 Å². The lowest BCUT2D eigenvalue weighted by molar-refractivity contribution is -0.0853. The number of phosphoric acid groups is 2. The van der Waals surface area contributed by atoms with Crippen molar-refractivity contribution in [3.8, 4) is 11.5 Å². The van der Waals surface area contributed by atoms with Crippen LogP contribution in [0.15, 0.2) is 60.7 Å². The third kappa shape index (κ3) is 4.84. The van der Waals surface area contributed by atoms with Crippen LogP contribution >= 0.6 is 15.6 Å². The zero-order chi connectivity index (χ0) is 18.8. The number of hydrogen-bond acceptors (Lipinski definition) is 8. The Balaban J connectivity index is 0.00000225. The summed E-state index contributed by atoms with van der Waals surface area (Å²) in [5.74, 6) is 0.766. The average Bonchev–Trinajstić information content (AvgIpc) is 2.69. The summed E-state index contributed by atoms with van der Waals surface area (Å²) in [6.45, 7) is 0.0653. The maximum absolute atomic E-state index is 12.6. The largest absolute Gasteiger partial charge is 0.530 e. The molecule has 0 N–H and O–H groups in total. The molecule has 0 radical (unpaired) electrons. The predicted molar refractivity (Wildman–Crippen MR) is 102 cm³/mol. The van der Waals surface area contributed by atoms with Gasteiger partial charge in [0.05, 0.1) is 31.8 Å². The van der Waals surface area contributed by atoms with Gasteiger partial charge in [-0.15, -0.1) is 0 Å². The lowest BCUT2D eigenvalue weighted by Gasteiger charge is -2.41.